The third-order valence-electron chi connectivity index (χ3n) is 4.67. The SMILES string of the molecule is CCn1c(SCC(=O)OCC(=O)N2CC(C)CC(C)C2)nnc1-c1ccco1. The fourth-order valence-electron chi connectivity index (χ4n) is 3.53. The van der Waals surface area contributed by atoms with Crippen molar-refractivity contribution in [3.8, 4) is 11.6 Å². The van der Waals surface area contributed by atoms with E-state index in [4.69, 9.17) is 9.15 Å². The van der Waals surface area contributed by atoms with Crippen LogP contribution in [-0.2, 0) is 20.9 Å². The maximum Gasteiger partial charge on any atom is 0.316 e. The number of carbonyl (C=O) groups excluding carboxylic acids is 2. The van der Waals surface area contributed by atoms with Crippen LogP contribution in [0.4, 0.5) is 0 Å². The normalized spacial score (nSPS) is 19.6. The Hall–Kier alpha value is -2.29. The van der Waals surface area contributed by atoms with Crippen LogP contribution in [0.5, 0.6) is 0 Å². The number of nitrogens with zero attached hydrogens (tertiary/aromatic N) is 4. The molecule has 2 aromatic heterocycles. The number of carbonyl (C=O) groups is 2. The summed E-state index contributed by atoms with van der Waals surface area (Å²) in [5, 5.41) is 8.88. The van der Waals surface area contributed by atoms with Crippen LogP contribution in [-0.4, -0.2) is 57.0 Å². The number of esters is 1. The van der Waals surface area contributed by atoms with E-state index in [1.54, 1.807) is 17.2 Å². The molecule has 0 saturated carbocycles. The molecule has 1 aliphatic rings. The van der Waals surface area contributed by atoms with Crippen LogP contribution >= 0.6 is 11.8 Å². The van der Waals surface area contributed by atoms with Gasteiger partial charge in [0.05, 0.1) is 12.0 Å². The number of amides is 1. The lowest BCUT2D eigenvalue weighted by molar-refractivity contribution is -0.151. The number of hydrogen-bond donors (Lipinski definition) is 0. The molecule has 3 rings (SSSR count). The zero-order chi connectivity index (χ0) is 20.1. The van der Waals surface area contributed by atoms with Gasteiger partial charge in [-0.25, -0.2) is 0 Å². The van der Waals surface area contributed by atoms with Crippen LogP contribution in [0.3, 0.4) is 0 Å². The predicted molar refractivity (Wildman–Crippen MR) is 105 cm³/mol. The van der Waals surface area contributed by atoms with Gasteiger partial charge >= 0.3 is 5.97 Å². The first-order valence-corrected chi connectivity index (χ1v) is 10.5. The molecule has 2 unspecified atom stereocenters. The molecule has 9 heteroatoms. The van der Waals surface area contributed by atoms with Gasteiger partial charge in [0.2, 0.25) is 0 Å². The van der Waals surface area contributed by atoms with E-state index in [2.05, 4.69) is 24.0 Å². The minimum Gasteiger partial charge on any atom is -0.461 e. The molecule has 1 aliphatic heterocycles. The third-order valence-corrected chi connectivity index (χ3v) is 5.61. The number of ether oxygens (including phenoxy) is 1. The molecule has 1 fully saturated rings. The van der Waals surface area contributed by atoms with Crippen molar-refractivity contribution in [3.63, 3.8) is 0 Å². The first kappa shape index (κ1) is 20.4. The average molecular weight is 407 g/mol. The molecule has 0 aliphatic carbocycles. The Morgan fingerprint density at radius 3 is 2.68 bits per heavy atom. The van der Waals surface area contributed by atoms with Crippen LogP contribution in [0.1, 0.15) is 27.2 Å². The summed E-state index contributed by atoms with van der Waals surface area (Å²) in [5.74, 6) is 1.68. The van der Waals surface area contributed by atoms with Crippen molar-refractivity contribution in [3.05, 3.63) is 18.4 Å². The number of aromatic nitrogens is 3. The summed E-state index contributed by atoms with van der Waals surface area (Å²) in [5.41, 5.74) is 0. The third kappa shape index (κ3) is 4.95. The molecule has 3 heterocycles. The lowest BCUT2D eigenvalue weighted by Crippen LogP contribution is -2.44. The van der Waals surface area contributed by atoms with E-state index < -0.39 is 5.97 Å². The van der Waals surface area contributed by atoms with Crippen molar-refractivity contribution in [1.82, 2.24) is 19.7 Å². The highest BCUT2D eigenvalue weighted by Crippen LogP contribution is 2.24. The van der Waals surface area contributed by atoms with E-state index in [0.717, 1.165) is 19.5 Å². The smallest absolute Gasteiger partial charge is 0.316 e. The molecule has 0 aromatic carbocycles. The summed E-state index contributed by atoms with van der Waals surface area (Å²) in [7, 11) is 0. The molecular weight excluding hydrogens is 380 g/mol. The van der Waals surface area contributed by atoms with Crippen LogP contribution in [0.25, 0.3) is 11.6 Å². The van der Waals surface area contributed by atoms with E-state index in [1.807, 2.05) is 17.6 Å². The summed E-state index contributed by atoms with van der Waals surface area (Å²) < 4.78 is 12.4. The van der Waals surface area contributed by atoms with Crippen LogP contribution in [0.15, 0.2) is 28.0 Å². The molecule has 28 heavy (non-hydrogen) atoms. The fraction of sp³-hybridized carbons (Fsp3) is 0.579. The minimum atomic E-state index is -0.443. The summed E-state index contributed by atoms with van der Waals surface area (Å²) in [6.45, 7) is 8.13. The summed E-state index contributed by atoms with van der Waals surface area (Å²) >= 11 is 1.23. The Bertz CT molecular complexity index is 795. The van der Waals surface area contributed by atoms with Gasteiger partial charge in [-0.2, -0.15) is 0 Å². The lowest BCUT2D eigenvalue weighted by Gasteiger charge is -2.34. The fourth-order valence-corrected chi connectivity index (χ4v) is 4.33. The number of piperidine rings is 1. The monoisotopic (exact) mass is 406 g/mol. The van der Waals surface area contributed by atoms with E-state index in [-0.39, 0.29) is 18.3 Å². The second-order valence-corrected chi connectivity index (χ2v) is 8.16. The molecule has 0 N–H and O–H groups in total. The van der Waals surface area contributed by atoms with Gasteiger partial charge in [-0.3, -0.25) is 14.2 Å². The molecule has 1 saturated heterocycles. The van der Waals surface area contributed by atoms with Gasteiger partial charge in [-0.15, -0.1) is 10.2 Å². The number of rotatable bonds is 7. The van der Waals surface area contributed by atoms with Crippen molar-refractivity contribution in [2.75, 3.05) is 25.4 Å². The number of hydrogen-bond acceptors (Lipinski definition) is 7. The molecule has 1 amide bonds. The van der Waals surface area contributed by atoms with Gasteiger partial charge in [-0.1, -0.05) is 25.6 Å². The number of furan rings is 1. The highest BCUT2D eigenvalue weighted by molar-refractivity contribution is 7.99. The Morgan fingerprint density at radius 1 is 1.29 bits per heavy atom. The van der Waals surface area contributed by atoms with Crippen molar-refractivity contribution in [1.29, 1.82) is 0 Å². The predicted octanol–water partition coefficient (Wildman–Crippen LogP) is 2.70. The lowest BCUT2D eigenvalue weighted by atomic mass is 9.92. The van der Waals surface area contributed by atoms with E-state index in [1.165, 1.54) is 11.8 Å². The molecule has 0 spiro atoms. The minimum absolute atomic E-state index is 0.0658. The highest BCUT2D eigenvalue weighted by Gasteiger charge is 2.26. The maximum atomic E-state index is 12.3. The van der Waals surface area contributed by atoms with Crippen LogP contribution in [0.2, 0.25) is 0 Å². The molecule has 152 valence electrons. The number of likely N-dealkylation sites (tertiary alicyclic amines) is 1. The largest absolute Gasteiger partial charge is 0.461 e. The van der Waals surface area contributed by atoms with E-state index in [9.17, 15) is 9.59 Å². The Morgan fingerprint density at radius 2 is 2.04 bits per heavy atom. The van der Waals surface area contributed by atoms with Crippen molar-refractivity contribution >= 4 is 23.6 Å². The zero-order valence-corrected chi connectivity index (χ0v) is 17.3. The van der Waals surface area contributed by atoms with Gasteiger partial charge in [-0.05, 0) is 37.3 Å². The van der Waals surface area contributed by atoms with Gasteiger partial charge < -0.3 is 14.1 Å². The summed E-state index contributed by atoms with van der Waals surface area (Å²) in [4.78, 5) is 26.2. The molecule has 0 bridgehead atoms. The van der Waals surface area contributed by atoms with Crippen molar-refractivity contribution in [2.45, 2.75) is 38.9 Å². The number of thioether (sulfide) groups is 1. The Labute approximate surface area is 168 Å². The molecule has 8 nitrogen and oxygen atoms in total. The van der Waals surface area contributed by atoms with Gasteiger partial charge in [0.25, 0.3) is 5.91 Å². The van der Waals surface area contributed by atoms with E-state index in [0.29, 0.717) is 35.1 Å². The van der Waals surface area contributed by atoms with Crippen LogP contribution < -0.4 is 0 Å². The standard InChI is InChI=1S/C19H26N4O4S/c1-4-23-18(15-6-5-7-26-15)20-21-19(23)28-12-17(25)27-11-16(24)22-9-13(2)8-14(3)10-22/h5-7,13-14H,4,8-12H2,1-3H3. The van der Waals surface area contributed by atoms with Gasteiger partial charge in [0, 0.05) is 19.6 Å². The summed E-state index contributed by atoms with van der Waals surface area (Å²) in [6, 6.07) is 3.60. The summed E-state index contributed by atoms with van der Waals surface area (Å²) in [6.07, 6.45) is 2.70. The van der Waals surface area contributed by atoms with Gasteiger partial charge in [0.15, 0.2) is 23.3 Å². The maximum absolute atomic E-state index is 12.3. The average Bonchev–Trinajstić information content (AvgIpc) is 3.32. The van der Waals surface area contributed by atoms with Crippen molar-refractivity contribution in [2.24, 2.45) is 11.8 Å². The topological polar surface area (TPSA) is 90.5 Å². The molecular formula is C19H26N4O4S. The Kier molecular flexibility index (Phi) is 6.77. The second kappa shape index (κ2) is 9.27. The molecule has 0 radical (unpaired) electrons. The van der Waals surface area contributed by atoms with Crippen molar-refractivity contribution < 1.29 is 18.7 Å². The first-order valence-electron chi connectivity index (χ1n) is 9.51. The molecule has 2 atom stereocenters. The molecule has 2 aromatic rings. The zero-order valence-electron chi connectivity index (χ0n) is 16.5. The quantitative estimate of drug-likeness (QED) is 0.516. The first-order chi connectivity index (χ1) is 13.5. The second-order valence-electron chi connectivity index (χ2n) is 7.22. The Balaban J connectivity index is 1.49. The van der Waals surface area contributed by atoms with Gasteiger partial charge in [0.1, 0.15) is 0 Å². The highest BCUT2D eigenvalue weighted by atomic mass is 32.2. The van der Waals surface area contributed by atoms with Crippen LogP contribution in [0, 0.1) is 11.8 Å². The van der Waals surface area contributed by atoms with E-state index >= 15 is 0 Å².